The number of anilines is 1. The molecule has 0 saturated carbocycles. The summed E-state index contributed by atoms with van der Waals surface area (Å²) in [7, 11) is -2.89. The molecular weight excluding hydrogens is 417 g/mol. The Kier molecular flexibility index (Phi) is 5.16. The molecule has 0 radical (unpaired) electrons. The van der Waals surface area contributed by atoms with E-state index in [1.165, 1.54) is 29.2 Å². The van der Waals surface area contributed by atoms with E-state index in [0.717, 1.165) is 19.3 Å². The third-order valence-corrected chi connectivity index (χ3v) is 6.35. The van der Waals surface area contributed by atoms with Crippen LogP contribution >= 0.6 is 0 Å². The number of aromatic nitrogens is 4. The third-order valence-electron chi connectivity index (χ3n) is 5.18. The molecule has 7 nitrogen and oxygen atoms in total. The monoisotopic (exact) mass is 438 g/mol. The number of hydrogen-bond acceptors (Lipinski definition) is 6. The van der Waals surface area contributed by atoms with Crippen LogP contribution in [0.2, 0.25) is 0 Å². The molecule has 1 fully saturated rings. The lowest BCUT2D eigenvalue weighted by molar-refractivity contribution is -0.141. The second-order valence-electron chi connectivity index (χ2n) is 7.44. The summed E-state index contributed by atoms with van der Waals surface area (Å²) in [4.78, 5) is 9.93. The fourth-order valence-corrected chi connectivity index (χ4v) is 4.42. The Bertz CT molecular complexity index is 1170. The molecule has 1 atom stereocenters. The van der Waals surface area contributed by atoms with E-state index >= 15 is 0 Å². The van der Waals surface area contributed by atoms with Gasteiger partial charge in [0.1, 0.15) is 12.1 Å². The molecule has 2 aromatic heterocycles. The molecular formula is C19H21F3N6OS. The fourth-order valence-electron chi connectivity index (χ4n) is 3.76. The molecule has 0 spiro atoms. The van der Waals surface area contributed by atoms with Crippen molar-refractivity contribution in [3.63, 3.8) is 0 Å². The van der Waals surface area contributed by atoms with Gasteiger partial charge in [-0.1, -0.05) is 12.1 Å². The number of nitrogens with zero attached hydrogens (tertiary/aromatic N) is 5. The van der Waals surface area contributed by atoms with Gasteiger partial charge >= 0.3 is 6.18 Å². The molecule has 1 aromatic carbocycles. The van der Waals surface area contributed by atoms with Crippen LogP contribution in [0.3, 0.4) is 0 Å². The van der Waals surface area contributed by atoms with Crippen LogP contribution in [0.25, 0.3) is 5.78 Å². The zero-order chi connectivity index (χ0) is 21.5. The summed E-state index contributed by atoms with van der Waals surface area (Å²) in [5.41, 5.74) is -0.321. The Morgan fingerprint density at radius 3 is 2.40 bits per heavy atom. The molecule has 0 bridgehead atoms. The van der Waals surface area contributed by atoms with Crippen molar-refractivity contribution in [2.45, 2.75) is 36.8 Å². The second-order valence-corrected chi connectivity index (χ2v) is 9.60. The van der Waals surface area contributed by atoms with Gasteiger partial charge in [-0.15, -0.1) is 0 Å². The largest absolute Gasteiger partial charge is 0.433 e. The molecule has 3 heterocycles. The first-order valence-corrected chi connectivity index (χ1v) is 11.5. The van der Waals surface area contributed by atoms with Crippen molar-refractivity contribution in [3.8, 4) is 0 Å². The number of nitrogens with one attached hydrogen (secondary N) is 1. The van der Waals surface area contributed by atoms with Crippen molar-refractivity contribution in [1.29, 1.82) is 4.78 Å². The van der Waals surface area contributed by atoms with Crippen molar-refractivity contribution >= 4 is 21.3 Å². The summed E-state index contributed by atoms with van der Waals surface area (Å²) in [6.07, 6.45) is 0.666. The van der Waals surface area contributed by atoms with Crippen LogP contribution in [0.5, 0.6) is 0 Å². The summed E-state index contributed by atoms with van der Waals surface area (Å²) in [6.45, 7) is 1.28. The van der Waals surface area contributed by atoms with Crippen molar-refractivity contribution in [1.82, 2.24) is 19.6 Å². The van der Waals surface area contributed by atoms with E-state index in [2.05, 4.69) is 15.1 Å². The average Bonchev–Trinajstić information content (AvgIpc) is 3.15. The van der Waals surface area contributed by atoms with Crippen LogP contribution in [-0.2, 0) is 22.3 Å². The summed E-state index contributed by atoms with van der Waals surface area (Å²) < 4.78 is 62.8. The lowest BCUT2D eigenvalue weighted by atomic mass is 10.0. The number of piperidine rings is 1. The minimum absolute atomic E-state index is 0.0212. The predicted octanol–water partition coefficient (Wildman–Crippen LogP) is 3.76. The molecule has 3 aromatic rings. The highest BCUT2D eigenvalue weighted by atomic mass is 32.2. The van der Waals surface area contributed by atoms with Gasteiger partial charge < -0.3 is 4.90 Å². The Morgan fingerprint density at radius 1 is 1.13 bits per heavy atom. The van der Waals surface area contributed by atoms with E-state index in [4.69, 9.17) is 4.78 Å². The number of hydrogen-bond donors (Lipinski definition) is 1. The molecule has 160 valence electrons. The number of fused-ring (bicyclic) bond motifs is 1. The molecule has 1 unspecified atom stereocenters. The van der Waals surface area contributed by atoms with Crippen molar-refractivity contribution in [2.75, 3.05) is 24.2 Å². The highest BCUT2D eigenvalue weighted by molar-refractivity contribution is 7.91. The van der Waals surface area contributed by atoms with Gasteiger partial charge in [0.2, 0.25) is 0 Å². The van der Waals surface area contributed by atoms with Gasteiger partial charge in [-0.25, -0.2) is 14.0 Å². The Hall–Kier alpha value is -2.69. The van der Waals surface area contributed by atoms with Crippen LogP contribution in [0.15, 0.2) is 35.5 Å². The molecule has 30 heavy (non-hydrogen) atoms. The van der Waals surface area contributed by atoms with Crippen LogP contribution < -0.4 is 4.90 Å². The highest BCUT2D eigenvalue weighted by Gasteiger charge is 2.39. The van der Waals surface area contributed by atoms with Crippen molar-refractivity contribution < 1.29 is 17.4 Å². The van der Waals surface area contributed by atoms with Crippen LogP contribution in [0, 0.1) is 4.78 Å². The molecule has 0 aliphatic carbocycles. The minimum atomic E-state index is -4.65. The van der Waals surface area contributed by atoms with Crippen molar-refractivity contribution in [2.24, 2.45) is 0 Å². The first-order chi connectivity index (χ1) is 14.1. The van der Waals surface area contributed by atoms with Gasteiger partial charge in [-0.2, -0.15) is 27.8 Å². The third kappa shape index (κ3) is 3.98. The van der Waals surface area contributed by atoms with Gasteiger partial charge in [0.15, 0.2) is 5.69 Å². The second kappa shape index (κ2) is 7.53. The summed E-state index contributed by atoms with van der Waals surface area (Å²) in [5, 5.41) is 4.14. The normalized spacial score (nSPS) is 17.3. The molecule has 1 N–H and O–H groups in total. The van der Waals surface area contributed by atoms with Crippen LogP contribution in [0.4, 0.5) is 19.0 Å². The number of rotatable bonds is 4. The lowest BCUT2D eigenvalue weighted by Gasteiger charge is -2.31. The number of alkyl halides is 3. The molecule has 0 amide bonds. The van der Waals surface area contributed by atoms with Crippen LogP contribution in [0.1, 0.15) is 36.1 Å². The Morgan fingerprint density at radius 2 is 1.80 bits per heavy atom. The quantitative estimate of drug-likeness (QED) is 0.670. The van der Waals surface area contributed by atoms with Gasteiger partial charge in [0.25, 0.3) is 5.78 Å². The molecule has 1 saturated heterocycles. The van der Waals surface area contributed by atoms with E-state index in [9.17, 15) is 17.4 Å². The van der Waals surface area contributed by atoms with Gasteiger partial charge in [-0.3, -0.25) is 0 Å². The fraction of sp³-hybridized carbons (Fsp3) is 0.421. The molecule has 11 heteroatoms. The highest BCUT2D eigenvalue weighted by Crippen LogP contribution is 2.37. The molecule has 1 aliphatic rings. The number of halogens is 3. The predicted molar refractivity (Wildman–Crippen MR) is 106 cm³/mol. The van der Waals surface area contributed by atoms with E-state index in [1.807, 2.05) is 4.90 Å². The van der Waals surface area contributed by atoms with Crippen LogP contribution in [-0.4, -0.2) is 43.1 Å². The van der Waals surface area contributed by atoms with E-state index in [-0.39, 0.29) is 17.8 Å². The number of benzene rings is 1. The molecule has 1 aliphatic heterocycles. The lowest BCUT2D eigenvalue weighted by Crippen LogP contribution is -2.33. The van der Waals surface area contributed by atoms with E-state index in [0.29, 0.717) is 29.4 Å². The SMILES string of the molecule is CS(=N)(=O)c1ccc(Cc2c(C(F)(F)F)nc3ncnn3c2N2CCCCC2)cc1. The first kappa shape index (κ1) is 20.6. The maximum absolute atomic E-state index is 14.0. The topological polar surface area (TPSA) is 87.2 Å². The zero-order valence-electron chi connectivity index (χ0n) is 16.3. The maximum Gasteiger partial charge on any atom is 0.433 e. The van der Waals surface area contributed by atoms with Gasteiger partial charge in [0.05, 0.1) is 9.73 Å². The Balaban J connectivity index is 1.87. The minimum Gasteiger partial charge on any atom is -0.356 e. The van der Waals surface area contributed by atoms with Gasteiger partial charge in [-0.05, 0) is 37.0 Å². The Labute approximate surface area is 171 Å². The standard InChI is InChI=1S/C19H21F3N6OS/c1-30(23,29)14-7-5-13(6-8-14)11-15-16(19(20,21)22)26-18-24-12-25-28(18)17(15)27-9-3-2-4-10-27/h5-8,12,23H,2-4,9-11H2,1H3. The smallest absolute Gasteiger partial charge is 0.356 e. The van der Waals surface area contributed by atoms with Gasteiger partial charge in [0, 0.05) is 36.2 Å². The first-order valence-electron chi connectivity index (χ1n) is 9.52. The maximum atomic E-state index is 14.0. The summed E-state index contributed by atoms with van der Waals surface area (Å²) in [5.74, 6) is 0.287. The van der Waals surface area contributed by atoms with E-state index < -0.39 is 21.6 Å². The average molecular weight is 438 g/mol. The van der Waals surface area contributed by atoms with Crippen molar-refractivity contribution in [3.05, 3.63) is 47.4 Å². The molecule has 4 rings (SSSR count). The summed E-state index contributed by atoms with van der Waals surface area (Å²) in [6, 6.07) is 6.28. The zero-order valence-corrected chi connectivity index (χ0v) is 17.1. The van der Waals surface area contributed by atoms with E-state index in [1.54, 1.807) is 12.1 Å². The summed E-state index contributed by atoms with van der Waals surface area (Å²) >= 11 is 0.